The molecule has 4 nitrogen and oxygen atoms in total. The quantitative estimate of drug-likeness (QED) is 0.637. The molecule has 0 radical (unpaired) electrons. The van der Waals surface area contributed by atoms with Crippen LogP contribution in [0, 0.1) is 12.8 Å². The second-order valence-electron chi connectivity index (χ2n) is 7.86. The molecule has 1 aliphatic rings. The molecule has 0 aromatic heterocycles. The highest BCUT2D eigenvalue weighted by Crippen LogP contribution is 2.42. The van der Waals surface area contributed by atoms with E-state index in [9.17, 15) is 9.90 Å². The van der Waals surface area contributed by atoms with Crippen LogP contribution in [-0.2, 0) is 5.60 Å². The monoisotopic (exact) mass is 367 g/mol. The van der Waals surface area contributed by atoms with Crippen molar-refractivity contribution in [1.29, 1.82) is 0 Å². The normalized spacial score (nSPS) is 22.6. The number of aryl methyl sites for hydroxylation is 1. The molecule has 0 saturated heterocycles. The molecule has 2 aromatic rings. The van der Waals surface area contributed by atoms with Crippen LogP contribution in [0.5, 0.6) is 5.75 Å². The fourth-order valence-electron chi connectivity index (χ4n) is 4.08. The number of carbonyl (C=O) groups is 1. The summed E-state index contributed by atoms with van der Waals surface area (Å²) in [6, 6.07) is 14.8. The van der Waals surface area contributed by atoms with Crippen LogP contribution in [0.2, 0.25) is 0 Å². The summed E-state index contributed by atoms with van der Waals surface area (Å²) in [4.78, 5) is 14.6. The van der Waals surface area contributed by atoms with Crippen molar-refractivity contribution in [1.82, 2.24) is 4.90 Å². The Kier molecular flexibility index (Phi) is 5.98. The van der Waals surface area contributed by atoms with Crippen LogP contribution in [0.1, 0.15) is 47.2 Å². The molecule has 2 atom stereocenters. The molecule has 1 saturated carbocycles. The van der Waals surface area contributed by atoms with Crippen LogP contribution in [0.25, 0.3) is 0 Å². The summed E-state index contributed by atoms with van der Waals surface area (Å²) < 4.78 is 5.61. The fraction of sp³-hybridized carbons (Fsp3) is 0.435. The van der Waals surface area contributed by atoms with Crippen molar-refractivity contribution < 1.29 is 14.6 Å². The van der Waals surface area contributed by atoms with Gasteiger partial charge in [-0.2, -0.15) is 0 Å². The molecule has 1 N–H and O–H groups in total. The highest BCUT2D eigenvalue weighted by atomic mass is 16.5. The van der Waals surface area contributed by atoms with Gasteiger partial charge in [0.05, 0.1) is 11.2 Å². The predicted molar refractivity (Wildman–Crippen MR) is 107 cm³/mol. The Bertz CT molecular complexity index is 802. The number of hydrogen-bond donors (Lipinski definition) is 1. The van der Waals surface area contributed by atoms with Crippen molar-refractivity contribution >= 4 is 5.97 Å². The van der Waals surface area contributed by atoms with Crippen molar-refractivity contribution in [2.75, 3.05) is 20.6 Å². The molecule has 1 aliphatic carbocycles. The van der Waals surface area contributed by atoms with Crippen LogP contribution >= 0.6 is 0 Å². The predicted octanol–water partition coefficient (Wildman–Crippen LogP) is 4.15. The molecule has 144 valence electrons. The Morgan fingerprint density at radius 2 is 1.96 bits per heavy atom. The van der Waals surface area contributed by atoms with Gasteiger partial charge in [-0.3, -0.25) is 0 Å². The number of rotatable bonds is 5. The van der Waals surface area contributed by atoms with E-state index in [1.165, 1.54) is 0 Å². The zero-order valence-electron chi connectivity index (χ0n) is 16.4. The first-order valence-electron chi connectivity index (χ1n) is 9.65. The molecule has 0 heterocycles. The Morgan fingerprint density at radius 3 is 2.70 bits per heavy atom. The van der Waals surface area contributed by atoms with Gasteiger partial charge in [0.15, 0.2) is 0 Å². The van der Waals surface area contributed by atoms with Gasteiger partial charge in [-0.15, -0.1) is 0 Å². The fourth-order valence-corrected chi connectivity index (χ4v) is 4.08. The number of nitrogens with zero attached hydrogens (tertiary/aromatic N) is 1. The van der Waals surface area contributed by atoms with Crippen LogP contribution in [-0.4, -0.2) is 36.6 Å². The number of ether oxygens (including phenoxy) is 1. The lowest BCUT2D eigenvalue weighted by Gasteiger charge is -2.41. The number of carbonyl (C=O) groups excluding carboxylic acids is 1. The summed E-state index contributed by atoms with van der Waals surface area (Å²) in [6.07, 6.45) is 3.89. The first kappa shape index (κ1) is 19.6. The van der Waals surface area contributed by atoms with Crippen molar-refractivity contribution in [3.8, 4) is 5.75 Å². The van der Waals surface area contributed by atoms with E-state index in [1.54, 1.807) is 12.1 Å². The second kappa shape index (κ2) is 8.24. The highest BCUT2D eigenvalue weighted by Gasteiger charge is 2.40. The summed E-state index contributed by atoms with van der Waals surface area (Å²) in [5, 5.41) is 11.5. The molecule has 2 aromatic carbocycles. The minimum absolute atomic E-state index is 0.170. The maximum Gasteiger partial charge on any atom is 0.343 e. The number of esters is 1. The third kappa shape index (κ3) is 4.40. The molecule has 1 fully saturated rings. The first-order valence-corrected chi connectivity index (χ1v) is 9.65. The molecule has 2 unspecified atom stereocenters. The van der Waals surface area contributed by atoms with Crippen LogP contribution in [0.15, 0.2) is 48.5 Å². The Balaban J connectivity index is 1.84. The molecule has 0 bridgehead atoms. The number of aliphatic hydroxyl groups is 1. The minimum atomic E-state index is -0.881. The minimum Gasteiger partial charge on any atom is -0.423 e. The number of hydrogen-bond acceptors (Lipinski definition) is 4. The lowest BCUT2D eigenvalue weighted by Crippen LogP contribution is -2.43. The lowest BCUT2D eigenvalue weighted by atomic mass is 9.71. The zero-order valence-corrected chi connectivity index (χ0v) is 16.4. The summed E-state index contributed by atoms with van der Waals surface area (Å²) in [7, 11) is 4.07. The van der Waals surface area contributed by atoms with Crippen LogP contribution < -0.4 is 4.74 Å². The molecule has 0 aliphatic heterocycles. The molecule has 3 rings (SSSR count). The molecule has 0 amide bonds. The lowest BCUT2D eigenvalue weighted by molar-refractivity contribution is -0.0619. The first-order chi connectivity index (χ1) is 12.9. The maximum absolute atomic E-state index is 12.5. The third-order valence-corrected chi connectivity index (χ3v) is 5.53. The van der Waals surface area contributed by atoms with Gasteiger partial charge in [-0.1, -0.05) is 43.2 Å². The molecule has 0 spiro atoms. The van der Waals surface area contributed by atoms with E-state index in [0.29, 0.717) is 11.3 Å². The van der Waals surface area contributed by atoms with Crippen molar-refractivity contribution in [3.63, 3.8) is 0 Å². The summed E-state index contributed by atoms with van der Waals surface area (Å²) >= 11 is 0. The van der Waals surface area contributed by atoms with Gasteiger partial charge >= 0.3 is 5.97 Å². The largest absolute Gasteiger partial charge is 0.423 e. The molecule has 4 heteroatoms. The molecule has 27 heavy (non-hydrogen) atoms. The SMILES string of the molecule is Cc1ccccc1C(=O)Oc1cccc(C2(O)CCCCC2CN(C)C)c1. The van der Waals surface area contributed by atoms with E-state index in [1.807, 2.05) is 57.4 Å². The average Bonchev–Trinajstić information content (AvgIpc) is 2.64. The standard InChI is InChI=1S/C23H29NO3/c1-17-9-4-5-13-21(17)22(25)27-20-12-8-11-18(15-20)23(26)14-7-6-10-19(23)16-24(2)3/h4-5,8-9,11-13,15,19,26H,6-7,10,14,16H2,1-3H3. The van der Waals surface area contributed by atoms with Gasteiger partial charge in [-0.25, -0.2) is 4.79 Å². The van der Waals surface area contributed by atoms with Crippen molar-refractivity contribution in [2.45, 2.75) is 38.2 Å². The van der Waals surface area contributed by atoms with E-state index >= 15 is 0 Å². The Labute approximate surface area is 161 Å². The van der Waals surface area contributed by atoms with E-state index in [0.717, 1.165) is 43.4 Å². The van der Waals surface area contributed by atoms with Crippen molar-refractivity contribution in [2.24, 2.45) is 5.92 Å². The third-order valence-electron chi connectivity index (χ3n) is 5.53. The van der Waals surface area contributed by atoms with Gasteiger partial charge in [0.2, 0.25) is 0 Å². The summed E-state index contributed by atoms with van der Waals surface area (Å²) in [5.41, 5.74) is 1.40. The zero-order chi connectivity index (χ0) is 19.4. The van der Waals surface area contributed by atoms with E-state index in [2.05, 4.69) is 4.90 Å². The molecular weight excluding hydrogens is 338 g/mol. The summed E-state index contributed by atoms with van der Waals surface area (Å²) in [6.45, 7) is 2.73. The van der Waals surface area contributed by atoms with Gasteiger partial charge in [0.25, 0.3) is 0 Å². The Morgan fingerprint density at radius 1 is 1.19 bits per heavy atom. The van der Waals surface area contributed by atoms with Crippen molar-refractivity contribution in [3.05, 3.63) is 65.2 Å². The second-order valence-corrected chi connectivity index (χ2v) is 7.86. The van der Waals surface area contributed by atoms with Gasteiger partial charge < -0.3 is 14.7 Å². The van der Waals surface area contributed by atoms with E-state index < -0.39 is 5.60 Å². The molecular formula is C23H29NO3. The van der Waals surface area contributed by atoms with Gasteiger partial charge in [0.1, 0.15) is 5.75 Å². The van der Waals surface area contributed by atoms with Gasteiger partial charge in [0, 0.05) is 12.5 Å². The van der Waals surface area contributed by atoms with Crippen LogP contribution in [0.4, 0.5) is 0 Å². The highest BCUT2D eigenvalue weighted by molar-refractivity contribution is 5.92. The Hall–Kier alpha value is -2.17. The summed E-state index contributed by atoms with van der Waals surface area (Å²) in [5.74, 6) is 0.276. The number of benzene rings is 2. The van der Waals surface area contributed by atoms with E-state index in [4.69, 9.17) is 4.74 Å². The average molecular weight is 367 g/mol. The maximum atomic E-state index is 12.5. The smallest absolute Gasteiger partial charge is 0.343 e. The van der Waals surface area contributed by atoms with Gasteiger partial charge in [-0.05, 0) is 63.2 Å². The van der Waals surface area contributed by atoms with E-state index in [-0.39, 0.29) is 11.9 Å². The topological polar surface area (TPSA) is 49.8 Å². The van der Waals surface area contributed by atoms with Crippen LogP contribution in [0.3, 0.4) is 0 Å².